The zero-order valence-corrected chi connectivity index (χ0v) is 8.19. The quantitative estimate of drug-likeness (QED) is 0.769. The van der Waals surface area contributed by atoms with Gasteiger partial charge < -0.3 is 5.73 Å². The summed E-state index contributed by atoms with van der Waals surface area (Å²) in [6.07, 6.45) is -1.74. The van der Waals surface area contributed by atoms with E-state index < -0.39 is 12.6 Å². The van der Waals surface area contributed by atoms with Crippen molar-refractivity contribution >= 4 is 0 Å². The second kappa shape index (κ2) is 4.98. The molecule has 1 saturated heterocycles. The first-order valence-electron chi connectivity index (χ1n) is 5.04. The van der Waals surface area contributed by atoms with Crippen molar-refractivity contribution in [3.05, 3.63) is 0 Å². The smallest absolute Gasteiger partial charge is 0.329 e. The maximum Gasteiger partial charge on any atom is 0.390 e. The third-order valence-corrected chi connectivity index (χ3v) is 2.70. The van der Waals surface area contributed by atoms with Crippen LogP contribution in [0.4, 0.5) is 13.2 Å². The Morgan fingerprint density at radius 3 is 2.57 bits per heavy atom. The van der Waals surface area contributed by atoms with Gasteiger partial charge in [-0.2, -0.15) is 13.2 Å². The van der Waals surface area contributed by atoms with Gasteiger partial charge in [-0.05, 0) is 19.4 Å². The minimum Gasteiger partial charge on any atom is -0.329 e. The second-order valence-corrected chi connectivity index (χ2v) is 3.79. The van der Waals surface area contributed by atoms with Crippen LogP contribution < -0.4 is 5.73 Å². The molecule has 0 saturated carbocycles. The highest BCUT2D eigenvalue weighted by Crippen LogP contribution is 2.23. The lowest BCUT2D eigenvalue weighted by atomic mass is 10.0. The van der Waals surface area contributed by atoms with Gasteiger partial charge in [0.05, 0.1) is 6.42 Å². The van der Waals surface area contributed by atoms with Gasteiger partial charge in [0.25, 0.3) is 0 Å². The van der Waals surface area contributed by atoms with Crippen molar-refractivity contribution < 1.29 is 13.2 Å². The van der Waals surface area contributed by atoms with Crippen molar-refractivity contribution in [3.8, 4) is 0 Å². The van der Waals surface area contributed by atoms with E-state index in [0.29, 0.717) is 6.54 Å². The van der Waals surface area contributed by atoms with Crippen LogP contribution in [0.25, 0.3) is 0 Å². The van der Waals surface area contributed by atoms with Gasteiger partial charge >= 0.3 is 6.18 Å². The van der Waals surface area contributed by atoms with Crippen LogP contribution in [0.5, 0.6) is 0 Å². The molecule has 0 spiro atoms. The second-order valence-electron chi connectivity index (χ2n) is 3.79. The molecule has 14 heavy (non-hydrogen) atoms. The van der Waals surface area contributed by atoms with Crippen LogP contribution in [0.15, 0.2) is 0 Å². The Balaban J connectivity index is 2.33. The lowest BCUT2D eigenvalue weighted by Gasteiger charge is -2.35. The van der Waals surface area contributed by atoms with Gasteiger partial charge in [-0.3, -0.25) is 4.90 Å². The Bertz CT molecular complexity index is 170. The molecule has 5 heteroatoms. The van der Waals surface area contributed by atoms with Crippen LogP contribution in [0.1, 0.15) is 25.7 Å². The van der Waals surface area contributed by atoms with Gasteiger partial charge in [-0.25, -0.2) is 0 Å². The van der Waals surface area contributed by atoms with Crippen LogP contribution in [-0.4, -0.2) is 36.8 Å². The number of nitrogens with zero attached hydrogens (tertiary/aromatic N) is 1. The number of halogens is 3. The molecule has 0 bridgehead atoms. The Morgan fingerprint density at radius 2 is 2.00 bits per heavy atom. The monoisotopic (exact) mass is 210 g/mol. The first-order valence-corrected chi connectivity index (χ1v) is 5.04. The van der Waals surface area contributed by atoms with E-state index >= 15 is 0 Å². The van der Waals surface area contributed by atoms with Crippen molar-refractivity contribution in [2.24, 2.45) is 5.73 Å². The van der Waals surface area contributed by atoms with Gasteiger partial charge in [0.2, 0.25) is 0 Å². The van der Waals surface area contributed by atoms with E-state index in [9.17, 15) is 13.2 Å². The minimum atomic E-state index is -4.05. The van der Waals surface area contributed by atoms with Crippen LogP contribution in [0, 0.1) is 0 Å². The normalized spacial score (nSPS) is 25.3. The molecule has 0 aliphatic carbocycles. The van der Waals surface area contributed by atoms with Crippen LogP contribution in [-0.2, 0) is 0 Å². The number of alkyl halides is 3. The third kappa shape index (κ3) is 3.84. The Labute approximate surface area is 82.2 Å². The molecule has 0 aromatic heterocycles. The lowest BCUT2D eigenvalue weighted by Crippen LogP contribution is -2.45. The third-order valence-electron chi connectivity index (χ3n) is 2.70. The Hall–Kier alpha value is -0.290. The van der Waals surface area contributed by atoms with Gasteiger partial charge in [-0.1, -0.05) is 6.42 Å². The number of nitrogens with two attached hydrogens (primary N) is 1. The number of hydrogen-bond donors (Lipinski definition) is 1. The predicted molar refractivity (Wildman–Crippen MR) is 48.9 cm³/mol. The SMILES string of the molecule is NCC1CCCCN1CCC(F)(F)F. The summed E-state index contributed by atoms with van der Waals surface area (Å²) in [4.78, 5) is 1.87. The first-order chi connectivity index (χ1) is 6.53. The van der Waals surface area contributed by atoms with Crippen molar-refractivity contribution in [1.82, 2.24) is 4.90 Å². The van der Waals surface area contributed by atoms with Crippen molar-refractivity contribution in [2.75, 3.05) is 19.6 Å². The molecule has 2 N–H and O–H groups in total. The van der Waals surface area contributed by atoms with Gasteiger partial charge in [0.1, 0.15) is 0 Å². The topological polar surface area (TPSA) is 29.3 Å². The average molecular weight is 210 g/mol. The summed E-state index contributed by atoms with van der Waals surface area (Å²) >= 11 is 0. The molecule has 1 rings (SSSR count). The van der Waals surface area contributed by atoms with E-state index in [0.717, 1.165) is 25.8 Å². The van der Waals surface area contributed by atoms with E-state index in [4.69, 9.17) is 5.73 Å². The molecular weight excluding hydrogens is 193 g/mol. The molecule has 1 aliphatic rings. The molecule has 1 atom stereocenters. The van der Waals surface area contributed by atoms with Gasteiger partial charge in [0, 0.05) is 19.1 Å². The number of piperidine rings is 1. The van der Waals surface area contributed by atoms with Crippen molar-refractivity contribution in [3.63, 3.8) is 0 Å². The van der Waals surface area contributed by atoms with E-state index in [-0.39, 0.29) is 12.6 Å². The molecule has 1 unspecified atom stereocenters. The number of likely N-dealkylation sites (tertiary alicyclic amines) is 1. The summed E-state index contributed by atoms with van der Waals surface area (Å²) in [7, 11) is 0. The molecule has 0 aromatic rings. The average Bonchev–Trinajstić information content (AvgIpc) is 2.14. The molecule has 2 nitrogen and oxygen atoms in total. The van der Waals surface area contributed by atoms with Crippen molar-refractivity contribution in [2.45, 2.75) is 37.9 Å². The van der Waals surface area contributed by atoms with E-state index in [1.165, 1.54) is 0 Å². The molecule has 84 valence electrons. The summed E-state index contributed by atoms with van der Waals surface area (Å²) in [6, 6.07) is 0.158. The summed E-state index contributed by atoms with van der Waals surface area (Å²) in [5.74, 6) is 0. The van der Waals surface area contributed by atoms with E-state index in [2.05, 4.69) is 0 Å². The predicted octanol–water partition coefficient (Wildman–Crippen LogP) is 1.75. The first kappa shape index (κ1) is 11.8. The highest BCUT2D eigenvalue weighted by Gasteiger charge is 2.30. The maximum absolute atomic E-state index is 12.0. The van der Waals surface area contributed by atoms with Gasteiger partial charge in [-0.15, -0.1) is 0 Å². The van der Waals surface area contributed by atoms with Gasteiger partial charge in [0.15, 0.2) is 0 Å². The van der Waals surface area contributed by atoms with Crippen LogP contribution >= 0.6 is 0 Å². The summed E-state index contributed by atoms with van der Waals surface area (Å²) < 4.78 is 36.0. The highest BCUT2D eigenvalue weighted by atomic mass is 19.4. The van der Waals surface area contributed by atoms with E-state index in [1.54, 1.807) is 0 Å². The number of rotatable bonds is 3. The Morgan fingerprint density at radius 1 is 1.29 bits per heavy atom. The number of hydrogen-bond acceptors (Lipinski definition) is 2. The molecule has 0 amide bonds. The molecule has 1 heterocycles. The standard InChI is InChI=1S/C9H17F3N2/c10-9(11,12)4-6-14-5-2-1-3-8(14)7-13/h8H,1-7,13H2. The molecule has 0 radical (unpaired) electrons. The summed E-state index contributed by atoms with van der Waals surface area (Å²) in [5.41, 5.74) is 5.51. The van der Waals surface area contributed by atoms with Crippen molar-refractivity contribution in [1.29, 1.82) is 0 Å². The zero-order chi connectivity index (χ0) is 10.6. The van der Waals surface area contributed by atoms with E-state index in [1.807, 2.05) is 4.90 Å². The molecule has 1 fully saturated rings. The largest absolute Gasteiger partial charge is 0.390 e. The lowest BCUT2D eigenvalue weighted by molar-refractivity contribution is -0.139. The van der Waals surface area contributed by atoms with Crippen LogP contribution in [0.3, 0.4) is 0 Å². The fourth-order valence-electron chi connectivity index (χ4n) is 1.89. The highest BCUT2D eigenvalue weighted by molar-refractivity contribution is 4.77. The molecule has 1 aliphatic heterocycles. The summed E-state index contributed by atoms with van der Waals surface area (Å²) in [5, 5.41) is 0. The fourth-order valence-corrected chi connectivity index (χ4v) is 1.89. The molecular formula is C9H17F3N2. The Kier molecular flexibility index (Phi) is 4.19. The molecule has 0 aromatic carbocycles. The maximum atomic E-state index is 12.0. The minimum absolute atomic E-state index is 0.103. The summed E-state index contributed by atoms with van der Waals surface area (Å²) in [6.45, 7) is 1.33. The van der Waals surface area contributed by atoms with Crippen LogP contribution in [0.2, 0.25) is 0 Å². The fraction of sp³-hybridized carbons (Fsp3) is 1.00. The zero-order valence-electron chi connectivity index (χ0n) is 8.19.